The van der Waals surface area contributed by atoms with Gasteiger partial charge in [-0.1, -0.05) is 18.1 Å². The van der Waals surface area contributed by atoms with Crippen molar-refractivity contribution < 1.29 is 9.59 Å². The van der Waals surface area contributed by atoms with Crippen LogP contribution in [0.3, 0.4) is 0 Å². The number of nitrogens with zero attached hydrogens (tertiary/aromatic N) is 1. The van der Waals surface area contributed by atoms with Crippen LogP contribution in [0.15, 0.2) is 24.3 Å². The van der Waals surface area contributed by atoms with Crippen molar-refractivity contribution in [1.29, 1.82) is 0 Å². The van der Waals surface area contributed by atoms with E-state index in [1.165, 1.54) is 4.90 Å². The van der Waals surface area contributed by atoms with Gasteiger partial charge in [-0.2, -0.15) is 0 Å². The molecule has 0 fully saturated rings. The van der Waals surface area contributed by atoms with E-state index in [1.807, 2.05) is 18.2 Å². The lowest BCUT2D eigenvalue weighted by Crippen LogP contribution is -2.24. The molecule has 4 heteroatoms. The van der Waals surface area contributed by atoms with Crippen molar-refractivity contribution in [3.8, 4) is 11.8 Å². The van der Waals surface area contributed by atoms with Crippen LogP contribution in [-0.2, 0) is 11.2 Å². The van der Waals surface area contributed by atoms with Gasteiger partial charge < -0.3 is 10.2 Å². The first-order valence-electron chi connectivity index (χ1n) is 6.05. The molecule has 0 radical (unpaired) electrons. The van der Waals surface area contributed by atoms with Gasteiger partial charge in [0.2, 0.25) is 0 Å². The van der Waals surface area contributed by atoms with Crippen molar-refractivity contribution in [3.05, 3.63) is 35.4 Å². The average Bonchev–Trinajstić information content (AvgIpc) is 2.38. The summed E-state index contributed by atoms with van der Waals surface area (Å²) in [4.78, 5) is 24.5. The van der Waals surface area contributed by atoms with Crippen LogP contribution < -0.4 is 5.32 Å². The normalized spacial score (nSPS) is 9.21. The molecular weight excluding hydrogens is 240 g/mol. The standard InChI is InChI=1S/C15H18N2O2/c1-4-6-14(18)16-10-9-12-7-5-8-13(11-12)15(19)17(2)3/h5,7-8,11H,9-10H2,1-3H3,(H,16,18). The molecular formula is C15H18N2O2. The van der Waals surface area contributed by atoms with Crippen molar-refractivity contribution in [1.82, 2.24) is 10.2 Å². The molecule has 0 aliphatic rings. The summed E-state index contributed by atoms with van der Waals surface area (Å²) < 4.78 is 0. The molecule has 19 heavy (non-hydrogen) atoms. The fraction of sp³-hybridized carbons (Fsp3) is 0.333. The van der Waals surface area contributed by atoms with E-state index in [0.717, 1.165) is 5.56 Å². The van der Waals surface area contributed by atoms with E-state index in [0.29, 0.717) is 18.5 Å². The molecule has 1 N–H and O–H groups in total. The quantitative estimate of drug-likeness (QED) is 0.821. The van der Waals surface area contributed by atoms with Gasteiger partial charge in [0.05, 0.1) is 0 Å². The van der Waals surface area contributed by atoms with Gasteiger partial charge in [-0.15, -0.1) is 0 Å². The van der Waals surface area contributed by atoms with E-state index in [-0.39, 0.29) is 11.8 Å². The summed E-state index contributed by atoms with van der Waals surface area (Å²) in [7, 11) is 3.44. The third-order valence-electron chi connectivity index (χ3n) is 2.52. The molecule has 0 heterocycles. The second-order valence-corrected chi connectivity index (χ2v) is 4.28. The lowest BCUT2D eigenvalue weighted by molar-refractivity contribution is -0.115. The topological polar surface area (TPSA) is 49.4 Å². The predicted octanol–water partition coefficient (Wildman–Crippen LogP) is 1.07. The van der Waals surface area contributed by atoms with Gasteiger partial charge in [0.15, 0.2) is 0 Å². The molecule has 0 unspecified atom stereocenters. The maximum Gasteiger partial charge on any atom is 0.295 e. The molecule has 0 aliphatic carbocycles. The Labute approximate surface area is 113 Å². The molecule has 2 amide bonds. The van der Waals surface area contributed by atoms with Gasteiger partial charge in [0, 0.05) is 26.2 Å². The third kappa shape index (κ3) is 4.84. The monoisotopic (exact) mass is 258 g/mol. The first-order chi connectivity index (χ1) is 9.04. The zero-order valence-electron chi connectivity index (χ0n) is 11.5. The fourth-order valence-electron chi connectivity index (χ4n) is 1.60. The molecule has 0 atom stereocenters. The number of carbonyl (C=O) groups excluding carboxylic acids is 2. The van der Waals surface area contributed by atoms with Crippen LogP contribution in [0.25, 0.3) is 0 Å². The van der Waals surface area contributed by atoms with Gasteiger partial charge in [-0.05, 0) is 37.0 Å². The highest BCUT2D eigenvalue weighted by atomic mass is 16.2. The number of carbonyl (C=O) groups is 2. The Balaban J connectivity index is 2.59. The minimum absolute atomic E-state index is 0.0252. The molecule has 1 aromatic carbocycles. The minimum atomic E-state index is -0.275. The number of hydrogen-bond donors (Lipinski definition) is 1. The lowest BCUT2D eigenvalue weighted by atomic mass is 10.1. The lowest BCUT2D eigenvalue weighted by Gasteiger charge is -2.11. The summed E-state index contributed by atoms with van der Waals surface area (Å²) in [5.41, 5.74) is 1.67. The molecule has 0 aliphatic heterocycles. The maximum atomic E-state index is 11.8. The first-order valence-corrected chi connectivity index (χ1v) is 6.05. The molecule has 0 spiro atoms. The first kappa shape index (κ1) is 14.8. The summed E-state index contributed by atoms with van der Waals surface area (Å²) in [6.45, 7) is 2.13. The van der Waals surface area contributed by atoms with Crippen LogP contribution in [0.5, 0.6) is 0 Å². The molecule has 0 aromatic heterocycles. The number of rotatable bonds is 4. The summed E-state index contributed by atoms with van der Waals surface area (Å²) in [5, 5.41) is 2.70. The molecule has 1 aromatic rings. The third-order valence-corrected chi connectivity index (χ3v) is 2.52. The van der Waals surface area contributed by atoms with Gasteiger partial charge in [-0.25, -0.2) is 0 Å². The second-order valence-electron chi connectivity index (χ2n) is 4.28. The zero-order valence-corrected chi connectivity index (χ0v) is 11.5. The fourth-order valence-corrected chi connectivity index (χ4v) is 1.60. The van der Waals surface area contributed by atoms with E-state index < -0.39 is 0 Å². The van der Waals surface area contributed by atoms with Gasteiger partial charge in [0.25, 0.3) is 11.8 Å². The molecule has 4 nitrogen and oxygen atoms in total. The Morgan fingerprint density at radius 2 is 2.05 bits per heavy atom. The van der Waals surface area contributed by atoms with Crippen LogP contribution in [0, 0.1) is 11.8 Å². The smallest absolute Gasteiger partial charge is 0.295 e. The Hall–Kier alpha value is -2.28. The SMILES string of the molecule is CC#CC(=O)NCCc1cccc(C(=O)N(C)C)c1. The van der Waals surface area contributed by atoms with Crippen molar-refractivity contribution in [2.45, 2.75) is 13.3 Å². The Morgan fingerprint density at radius 3 is 2.68 bits per heavy atom. The molecule has 0 bridgehead atoms. The van der Waals surface area contributed by atoms with Gasteiger partial charge in [0.1, 0.15) is 0 Å². The van der Waals surface area contributed by atoms with E-state index in [9.17, 15) is 9.59 Å². The number of hydrogen-bond acceptors (Lipinski definition) is 2. The molecule has 0 saturated carbocycles. The van der Waals surface area contributed by atoms with Crippen LogP contribution in [-0.4, -0.2) is 37.4 Å². The number of amides is 2. The van der Waals surface area contributed by atoms with E-state index in [1.54, 1.807) is 27.1 Å². The summed E-state index contributed by atoms with van der Waals surface area (Å²) in [6, 6.07) is 7.41. The zero-order chi connectivity index (χ0) is 14.3. The maximum absolute atomic E-state index is 11.8. The van der Waals surface area contributed by atoms with E-state index in [4.69, 9.17) is 0 Å². The van der Waals surface area contributed by atoms with Crippen LogP contribution in [0.1, 0.15) is 22.8 Å². The van der Waals surface area contributed by atoms with Crippen molar-refractivity contribution in [2.24, 2.45) is 0 Å². The Kier molecular flexibility index (Phi) is 5.62. The minimum Gasteiger partial charge on any atom is -0.345 e. The summed E-state index contributed by atoms with van der Waals surface area (Å²) in [6.07, 6.45) is 0.672. The van der Waals surface area contributed by atoms with Gasteiger partial charge >= 0.3 is 0 Å². The van der Waals surface area contributed by atoms with Crippen molar-refractivity contribution in [2.75, 3.05) is 20.6 Å². The highest BCUT2D eigenvalue weighted by Gasteiger charge is 2.07. The second kappa shape index (κ2) is 7.22. The molecule has 1 rings (SSSR count). The van der Waals surface area contributed by atoms with Crippen LogP contribution >= 0.6 is 0 Å². The Morgan fingerprint density at radius 1 is 1.32 bits per heavy atom. The van der Waals surface area contributed by atoms with Crippen molar-refractivity contribution >= 4 is 11.8 Å². The van der Waals surface area contributed by atoms with Crippen LogP contribution in [0.2, 0.25) is 0 Å². The average molecular weight is 258 g/mol. The Bertz CT molecular complexity index is 524. The van der Waals surface area contributed by atoms with E-state index >= 15 is 0 Å². The highest BCUT2D eigenvalue weighted by molar-refractivity contribution is 5.94. The van der Waals surface area contributed by atoms with Crippen LogP contribution in [0.4, 0.5) is 0 Å². The molecule has 0 saturated heterocycles. The highest BCUT2D eigenvalue weighted by Crippen LogP contribution is 2.07. The van der Waals surface area contributed by atoms with Crippen molar-refractivity contribution in [3.63, 3.8) is 0 Å². The number of nitrogens with one attached hydrogen (secondary N) is 1. The molecule has 100 valence electrons. The predicted molar refractivity (Wildman–Crippen MR) is 74.6 cm³/mol. The van der Waals surface area contributed by atoms with Gasteiger partial charge in [-0.3, -0.25) is 9.59 Å². The summed E-state index contributed by atoms with van der Waals surface area (Å²) >= 11 is 0. The number of benzene rings is 1. The summed E-state index contributed by atoms with van der Waals surface area (Å²) in [5.74, 6) is 4.66. The largest absolute Gasteiger partial charge is 0.345 e. The van der Waals surface area contributed by atoms with E-state index in [2.05, 4.69) is 17.2 Å².